The van der Waals surface area contributed by atoms with E-state index in [1.165, 1.54) is 10.5 Å². The molecule has 0 spiro atoms. The summed E-state index contributed by atoms with van der Waals surface area (Å²) >= 11 is 1.84. The third kappa shape index (κ3) is 5.06. The molecule has 0 aliphatic heterocycles. The molecular formula is C17H22N2OS. The number of aromatic nitrogens is 1. The lowest BCUT2D eigenvalue weighted by Gasteiger charge is -2.19. The van der Waals surface area contributed by atoms with Crippen LogP contribution in [0, 0.1) is 0 Å². The number of nitrogens with one attached hydrogen (secondary N) is 1. The van der Waals surface area contributed by atoms with Crippen LogP contribution in [-0.2, 0) is 0 Å². The number of ether oxygens (including phenoxy) is 1. The maximum Gasteiger partial charge on any atom is 0.119 e. The molecule has 0 aliphatic rings. The van der Waals surface area contributed by atoms with Crippen LogP contribution in [0.5, 0.6) is 5.75 Å². The topological polar surface area (TPSA) is 34.2 Å². The van der Waals surface area contributed by atoms with Crippen molar-refractivity contribution in [3.63, 3.8) is 0 Å². The predicted molar refractivity (Wildman–Crippen MR) is 89.0 cm³/mol. The number of thioether (sulfide) groups is 1. The molecule has 4 heteroatoms. The molecular weight excluding hydrogens is 280 g/mol. The standard InChI is InChI=1S/C17H22N2OS/c1-3-9-19-17(13-21-16-7-10-18-11-8-16)14-5-4-6-15(12-14)20-2/h4-8,10-12,17,19H,3,9,13H2,1-2H3. The minimum atomic E-state index is 0.318. The summed E-state index contributed by atoms with van der Waals surface area (Å²) in [6, 6.07) is 12.7. The Bertz CT molecular complexity index is 533. The summed E-state index contributed by atoms with van der Waals surface area (Å²) in [5, 5.41) is 3.62. The van der Waals surface area contributed by atoms with Crippen LogP contribution in [0.4, 0.5) is 0 Å². The number of hydrogen-bond acceptors (Lipinski definition) is 4. The van der Waals surface area contributed by atoms with Crippen LogP contribution >= 0.6 is 11.8 Å². The molecule has 0 saturated carbocycles. The van der Waals surface area contributed by atoms with Crippen molar-refractivity contribution in [1.82, 2.24) is 10.3 Å². The molecule has 1 atom stereocenters. The van der Waals surface area contributed by atoms with E-state index in [9.17, 15) is 0 Å². The van der Waals surface area contributed by atoms with Gasteiger partial charge in [0.15, 0.2) is 0 Å². The van der Waals surface area contributed by atoms with Crippen LogP contribution < -0.4 is 10.1 Å². The normalized spacial score (nSPS) is 12.1. The van der Waals surface area contributed by atoms with E-state index in [4.69, 9.17) is 4.74 Å². The zero-order valence-electron chi connectivity index (χ0n) is 12.6. The Balaban J connectivity index is 2.06. The summed E-state index contributed by atoms with van der Waals surface area (Å²) in [5.74, 6) is 1.89. The van der Waals surface area contributed by atoms with Crippen molar-refractivity contribution < 1.29 is 4.74 Å². The zero-order valence-corrected chi connectivity index (χ0v) is 13.4. The maximum atomic E-state index is 5.33. The molecule has 1 heterocycles. The van der Waals surface area contributed by atoms with E-state index in [0.29, 0.717) is 6.04 Å². The second-order valence-electron chi connectivity index (χ2n) is 4.78. The number of hydrogen-bond donors (Lipinski definition) is 1. The van der Waals surface area contributed by atoms with Crippen LogP contribution in [0.1, 0.15) is 24.9 Å². The van der Waals surface area contributed by atoms with E-state index in [2.05, 4.69) is 29.4 Å². The van der Waals surface area contributed by atoms with Crippen molar-refractivity contribution >= 4 is 11.8 Å². The predicted octanol–water partition coefficient (Wildman–Crippen LogP) is 3.92. The van der Waals surface area contributed by atoms with Gasteiger partial charge in [0, 0.05) is 29.1 Å². The molecule has 3 nitrogen and oxygen atoms in total. The molecule has 21 heavy (non-hydrogen) atoms. The average Bonchev–Trinajstić information content (AvgIpc) is 2.56. The van der Waals surface area contributed by atoms with Gasteiger partial charge in [-0.3, -0.25) is 4.98 Å². The Labute approximate surface area is 131 Å². The summed E-state index contributed by atoms with van der Waals surface area (Å²) in [6.07, 6.45) is 4.80. The quantitative estimate of drug-likeness (QED) is 0.749. The Morgan fingerprint density at radius 2 is 2.05 bits per heavy atom. The van der Waals surface area contributed by atoms with Gasteiger partial charge in [-0.2, -0.15) is 0 Å². The third-order valence-corrected chi connectivity index (χ3v) is 4.31. The van der Waals surface area contributed by atoms with Gasteiger partial charge in [-0.05, 0) is 42.8 Å². The molecule has 1 unspecified atom stereocenters. The minimum absolute atomic E-state index is 0.318. The molecule has 0 radical (unpaired) electrons. The largest absolute Gasteiger partial charge is 0.497 e. The molecule has 2 rings (SSSR count). The summed E-state index contributed by atoms with van der Waals surface area (Å²) in [4.78, 5) is 5.30. The molecule has 0 fully saturated rings. The fourth-order valence-electron chi connectivity index (χ4n) is 2.06. The first-order valence-electron chi connectivity index (χ1n) is 7.23. The van der Waals surface area contributed by atoms with Crippen LogP contribution in [0.3, 0.4) is 0 Å². The fraction of sp³-hybridized carbons (Fsp3) is 0.353. The van der Waals surface area contributed by atoms with Gasteiger partial charge in [0.1, 0.15) is 5.75 Å². The lowest BCUT2D eigenvalue weighted by atomic mass is 10.1. The van der Waals surface area contributed by atoms with E-state index in [0.717, 1.165) is 24.5 Å². The SMILES string of the molecule is CCCNC(CSc1ccncc1)c1cccc(OC)c1. The Hall–Kier alpha value is -1.52. The van der Waals surface area contributed by atoms with Crippen molar-refractivity contribution in [3.05, 3.63) is 54.4 Å². The smallest absolute Gasteiger partial charge is 0.119 e. The monoisotopic (exact) mass is 302 g/mol. The van der Waals surface area contributed by atoms with Gasteiger partial charge in [0.05, 0.1) is 7.11 Å². The fourth-order valence-corrected chi connectivity index (χ4v) is 3.05. The van der Waals surface area contributed by atoms with Gasteiger partial charge in [0.2, 0.25) is 0 Å². The first-order chi connectivity index (χ1) is 10.3. The zero-order chi connectivity index (χ0) is 14.9. The molecule has 0 aliphatic carbocycles. The van der Waals surface area contributed by atoms with E-state index in [1.54, 1.807) is 7.11 Å². The van der Waals surface area contributed by atoms with Crippen LogP contribution in [-0.4, -0.2) is 24.4 Å². The highest BCUT2D eigenvalue weighted by atomic mass is 32.2. The Kier molecular flexibility index (Phi) is 6.57. The molecule has 1 aromatic heterocycles. The summed E-state index contributed by atoms with van der Waals surface area (Å²) < 4.78 is 5.33. The van der Waals surface area contributed by atoms with Gasteiger partial charge in [-0.15, -0.1) is 11.8 Å². The van der Waals surface area contributed by atoms with Gasteiger partial charge in [-0.1, -0.05) is 19.1 Å². The van der Waals surface area contributed by atoms with Crippen molar-refractivity contribution in [3.8, 4) is 5.75 Å². The highest BCUT2D eigenvalue weighted by molar-refractivity contribution is 7.99. The van der Waals surface area contributed by atoms with E-state index < -0.39 is 0 Å². The average molecular weight is 302 g/mol. The maximum absolute atomic E-state index is 5.33. The lowest BCUT2D eigenvalue weighted by Crippen LogP contribution is -2.24. The molecule has 2 aromatic rings. The number of methoxy groups -OCH3 is 1. The van der Waals surface area contributed by atoms with Crippen molar-refractivity contribution in [2.45, 2.75) is 24.3 Å². The number of rotatable bonds is 8. The number of nitrogens with zero attached hydrogens (tertiary/aromatic N) is 1. The number of benzene rings is 1. The first-order valence-corrected chi connectivity index (χ1v) is 8.22. The van der Waals surface area contributed by atoms with E-state index >= 15 is 0 Å². The summed E-state index contributed by atoms with van der Waals surface area (Å²) in [7, 11) is 1.71. The van der Waals surface area contributed by atoms with Crippen molar-refractivity contribution in [1.29, 1.82) is 0 Å². The van der Waals surface area contributed by atoms with Crippen LogP contribution in [0.15, 0.2) is 53.7 Å². The second kappa shape index (κ2) is 8.70. The molecule has 1 N–H and O–H groups in total. The lowest BCUT2D eigenvalue weighted by molar-refractivity contribution is 0.413. The van der Waals surface area contributed by atoms with Crippen LogP contribution in [0.25, 0.3) is 0 Å². The highest BCUT2D eigenvalue weighted by Gasteiger charge is 2.12. The Morgan fingerprint density at radius 1 is 1.24 bits per heavy atom. The van der Waals surface area contributed by atoms with Gasteiger partial charge in [0.25, 0.3) is 0 Å². The van der Waals surface area contributed by atoms with Crippen LogP contribution in [0.2, 0.25) is 0 Å². The second-order valence-corrected chi connectivity index (χ2v) is 5.87. The molecule has 0 saturated heterocycles. The molecule has 0 amide bonds. The highest BCUT2D eigenvalue weighted by Crippen LogP contribution is 2.26. The van der Waals surface area contributed by atoms with E-state index in [1.807, 2.05) is 48.4 Å². The minimum Gasteiger partial charge on any atom is -0.497 e. The number of pyridine rings is 1. The van der Waals surface area contributed by atoms with E-state index in [-0.39, 0.29) is 0 Å². The summed E-state index contributed by atoms with van der Waals surface area (Å²) in [6.45, 7) is 3.20. The van der Waals surface area contributed by atoms with Crippen molar-refractivity contribution in [2.24, 2.45) is 0 Å². The van der Waals surface area contributed by atoms with Gasteiger partial charge >= 0.3 is 0 Å². The molecule has 1 aromatic carbocycles. The van der Waals surface area contributed by atoms with Gasteiger partial charge in [-0.25, -0.2) is 0 Å². The molecule has 112 valence electrons. The van der Waals surface area contributed by atoms with Gasteiger partial charge < -0.3 is 10.1 Å². The third-order valence-electron chi connectivity index (χ3n) is 3.20. The first kappa shape index (κ1) is 15.9. The Morgan fingerprint density at radius 3 is 2.76 bits per heavy atom. The molecule has 0 bridgehead atoms. The van der Waals surface area contributed by atoms with Crippen molar-refractivity contribution in [2.75, 3.05) is 19.4 Å². The summed E-state index contributed by atoms with van der Waals surface area (Å²) in [5.41, 5.74) is 1.27.